The average molecular weight is 400 g/mol. The molecule has 1 fully saturated rings. The minimum atomic E-state index is 0.163. The number of rotatable bonds is 4. The zero-order valence-corrected chi connectivity index (χ0v) is 17.8. The monoisotopic (exact) mass is 399 g/mol. The lowest BCUT2D eigenvalue weighted by Crippen LogP contribution is -2.46. The summed E-state index contributed by atoms with van der Waals surface area (Å²) in [6.07, 6.45) is 1.20. The van der Waals surface area contributed by atoms with Crippen LogP contribution in [-0.2, 0) is 13.1 Å². The number of nitrogens with zero attached hydrogens (tertiary/aromatic N) is 3. The van der Waals surface area contributed by atoms with E-state index in [1.807, 2.05) is 20.2 Å². The second-order valence-electron chi connectivity index (χ2n) is 9.01. The van der Waals surface area contributed by atoms with E-state index in [9.17, 15) is 4.79 Å². The zero-order valence-electron chi connectivity index (χ0n) is 17.8. The SMILES string of the molecule is CN(C)c1ccc(-c2ccc3n(c2=O)C[C@H]2C[C@@H]3CN(Cc3ccccc3)C2)cc1. The van der Waals surface area contributed by atoms with Crippen LogP contribution in [0.1, 0.15) is 23.6 Å². The second kappa shape index (κ2) is 7.77. The van der Waals surface area contributed by atoms with Crippen molar-refractivity contribution in [2.24, 2.45) is 5.92 Å². The van der Waals surface area contributed by atoms with Crippen LogP contribution < -0.4 is 10.5 Å². The Morgan fingerprint density at radius 2 is 1.67 bits per heavy atom. The number of likely N-dealkylation sites (tertiary alicyclic amines) is 1. The molecule has 154 valence electrons. The van der Waals surface area contributed by atoms with Gasteiger partial charge in [-0.1, -0.05) is 42.5 Å². The van der Waals surface area contributed by atoms with Crippen molar-refractivity contribution < 1.29 is 0 Å². The maximum Gasteiger partial charge on any atom is 0.258 e. The highest BCUT2D eigenvalue weighted by Crippen LogP contribution is 2.36. The molecule has 30 heavy (non-hydrogen) atoms. The van der Waals surface area contributed by atoms with Crippen molar-refractivity contribution in [3.05, 3.63) is 88.3 Å². The van der Waals surface area contributed by atoms with Crippen molar-refractivity contribution in [3.63, 3.8) is 0 Å². The summed E-state index contributed by atoms with van der Waals surface area (Å²) in [4.78, 5) is 18.0. The molecule has 5 rings (SSSR count). The maximum atomic E-state index is 13.4. The number of aromatic nitrogens is 1. The van der Waals surface area contributed by atoms with Crippen LogP contribution in [0.4, 0.5) is 5.69 Å². The number of hydrogen-bond acceptors (Lipinski definition) is 3. The highest BCUT2D eigenvalue weighted by atomic mass is 16.1. The van der Waals surface area contributed by atoms with Crippen LogP contribution in [0.5, 0.6) is 0 Å². The normalized spacial score (nSPS) is 20.6. The van der Waals surface area contributed by atoms with Crippen molar-refractivity contribution in [2.45, 2.75) is 25.4 Å². The van der Waals surface area contributed by atoms with Gasteiger partial charge >= 0.3 is 0 Å². The van der Waals surface area contributed by atoms with Gasteiger partial charge in [0, 0.05) is 63.1 Å². The standard InChI is InChI=1S/C26H29N3O/c1-27(2)23-10-8-21(9-11-23)24-12-13-25-22-14-20(17-29(25)26(24)30)16-28(18-22)15-19-6-4-3-5-7-19/h3-13,20,22H,14-18H2,1-2H3/t20-,22+/m0/s1. The molecule has 3 heterocycles. The van der Waals surface area contributed by atoms with Gasteiger partial charge in [-0.05, 0) is 47.7 Å². The number of piperidine rings is 1. The van der Waals surface area contributed by atoms with Crippen LogP contribution in [0.2, 0.25) is 0 Å². The Morgan fingerprint density at radius 1 is 0.900 bits per heavy atom. The van der Waals surface area contributed by atoms with Gasteiger partial charge in [-0.3, -0.25) is 9.69 Å². The number of benzene rings is 2. The molecule has 0 aliphatic carbocycles. The first-order valence-electron chi connectivity index (χ1n) is 10.9. The Labute approximate surface area is 178 Å². The van der Waals surface area contributed by atoms with Crippen molar-refractivity contribution in [2.75, 3.05) is 32.1 Å². The molecule has 3 aromatic rings. The summed E-state index contributed by atoms with van der Waals surface area (Å²) in [6, 6.07) is 23.2. The largest absolute Gasteiger partial charge is 0.378 e. The Balaban J connectivity index is 1.41. The van der Waals surface area contributed by atoms with E-state index in [0.717, 1.165) is 43.0 Å². The fourth-order valence-corrected chi connectivity index (χ4v) is 5.17. The van der Waals surface area contributed by atoms with E-state index in [-0.39, 0.29) is 5.56 Å². The van der Waals surface area contributed by atoms with Crippen LogP contribution >= 0.6 is 0 Å². The summed E-state index contributed by atoms with van der Waals surface area (Å²) in [6.45, 7) is 3.93. The van der Waals surface area contributed by atoms with Crippen molar-refractivity contribution in [1.29, 1.82) is 0 Å². The summed E-state index contributed by atoms with van der Waals surface area (Å²) >= 11 is 0. The van der Waals surface area contributed by atoms with E-state index in [4.69, 9.17) is 0 Å². The van der Waals surface area contributed by atoms with E-state index in [2.05, 4.69) is 75.0 Å². The van der Waals surface area contributed by atoms with Crippen molar-refractivity contribution in [3.8, 4) is 11.1 Å². The van der Waals surface area contributed by atoms with Crippen LogP contribution in [0, 0.1) is 5.92 Å². The van der Waals surface area contributed by atoms with E-state index in [1.54, 1.807) is 0 Å². The number of hydrogen-bond donors (Lipinski definition) is 0. The van der Waals surface area contributed by atoms with Gasteiger partial charge in [0.25, 0.3) is 5.56 Å². The molecule has 0 unspecified atom stereocenters. The lowest BCUT2D eigenvalue weighted by molar-refractivity contribution is 0.114. The molecule has 4 heteroatoms. The van der Waals surface area contributed by atoms with Crippen LogP contribution in [-0.4, -0.2) is 36.7 Å². The maximum absolute atomic E-state index is 13.4. The predicted molar refractivity (Wildman–Crippen MR) is 123 cm³/mol. The van der Waals surface area contributed by atoms with Crippen LogP contribution in [0.25, 0.3) is 11.1 Å². The lowest BCUT2D eigenvalue weighted by atomic mass is 9.82. The van der Waals surface area contributed by atoms with Crippen molar-refractivity contribution in [1.82, 2.24) is 9.47 Å². The Morgan fingerprint density at radius 3 is 2.40 bits per heavy atom. The lowest BCUT2D eigenvalue weighted by Gasteiger charge is -2.43. The summed E-state index contributed by atoms with van der Waals surface area (Å²) in [7, 11) is 4.06. The molecule has 2 aliphatic heterocycles. The second-order valence-corrected chi connectivity index (χ2v) is 9.01. The van der Waals surface area contributed by atoms with Gasteiger partial charge in [0.1, 0.15) is 0 Å². The average Bonchev–Trinajstić information content (AvgIpc) is 2.75. The number of anilines is 1. The highest BCUT2D eigenvalue weighted by Gasteiger charge is 2.34. The molecule has 1 aromatic heterocycles. The molecule has 2 bridgehead atoms. The Kier molecular flexibility index (Phi) is 4.95. The van der Waals surface area contributed by atoms with E-state index < -0.39 is 0 Å². The fraction of sp³-hybridized carbons (Fsp3) is 0.346. The molecule has 1 saturated heterocycles. The first kappa shape index (κ1) is 19.1. The molecule has 0 saturated carbocycles. The third kappa shape index (κ3) is 3.56. The topological polar surface area (TPSA) is 28.5 Å². The fourth-order valence-electron chi connectivity index (χ4n) is 5.17. The molecule has 0 N–H and O–H groups in total. The summed E-state index contributed by atoms with van der Waals surface area (Å²) < 4.78 is 2.06. The summed E-state index contributed by atoms with van der Waals surface area (Å²) in [5.74, 6) is 0.989. The third-order valence-corrected chi connectivity index (χ3v) is 6.62. The molecule has 2 aliphatic rings. The van der Waals surface area contributed by atoms with Gasteiger partial charge in [-0.25, -0.2) is 0 Å². The Hall–Kier alpha value is -2.85. The Bertz CT molecular complexity index is 1090. The zero-order chi connectivity index (χ0) is 20.7. The first-order chi connectivity index (χ1) is 14.6. The minimum absolute atomic E-state index is 0.163. The van der Waals surface area contributed by atoms with Crippen molar-refractivity contribution >= 4 is 5.69 Å². The van der Waals surface area contributed by atoms with Gasteiger partial charge in [0.2, 0.25) is 0 Å². The molecular weight excluding hydrogens is 370 g/mol. The molecular formula is C26H29N3O. The smallest absolute Gasteiger partial charge is 0.258 e. The quantitative estimate of drug-likeness (QED) is 0.658. The van der Waals surface area contributed by atoms with Gasteiger partial charge in [-0.2, -0.15) is 0 Å². The highest BCUT2D eigenvalue weighted by molar-refractivity contribution is 5.65. The molecule has 4 nitrogen and oxygen atoms in total. The van der Waals surface area contributed by atoms with Crippen LogP contribution in [0.3, 0.4) is 0 Å². The van der Waals surface area contributed by atoms with Gasteiger partial charge in [0.05, 0.1) is 0 Å². The summed E-state index contributed by atoms with van der Waals surface area (Å²) in [5.41, 5.74) is 5.70. The predicted octanol–water partition coefficient (Wildman–Crippen LogP) is 4.20. The van der Waals surface area contributed by atoms with Gasteiger partial charge in [0.15, 0.2) is 0 Å². The molecule has 0 amide bonds. The van der Waals surface area contributed by atoms with E-state index in [1.165, 1.54) is 17.7 Å². The molecule has 0 spiro atoms. The first-order valence-corrected chi connectivity index (χ1v) is 10.9. The number of fused-ring (bicyclic) bond motifs is 4. The van der Waals surface area contributed by atoms with Gasteiger partial charge < -0.3 is 9.47 Å². The van der Waals surface area contributed by atoms with Crippen LogP contribution in [0.15, 0.2) is 71.5 Å². The summed E-state index contributed by atoms with van der Waals surface area (Å²) in [5, 5.41) is 0. The molecule has 0 radical (unpaired) electrons. The minimum Gasteiger partial charge on any atom is -0.378 e. The van der Waals surface area contributed by atoms with E-state index in [0.29, 0.717) is 11.8 Å². The third-order valence-electron chi connectivity index (χ3n) is 6.62. The molecule has 2 atom stereocenters. The van der Waals surface area contributed by atoms with E-state index >= 15 is 0 Å². The van der Waals surface area contributed by atoms with Gasteiger partial charge in [-0.15, -0.1) is 0 Å². The molecule has 2 aromatic carbocycles. The number of pyridine rings is 1.